The number of aliphatic hydroxyl groups is 2. The van der Waals surface area contributed by atoms with Crippen LogP contribution in [0.3, 0.4) is 0 Å². The minimum absolute atomic E-state index is 0.0170. The summed E-state index contributed by atoms with van der Waals surface area (Å²) in [6, 6.07) is 8.54. The van der Waals surface area contributed by atoms with E-state index < -0.39 is 12.2 Å². The third-order valence-corrected chi connectivity index (χ3v) is 6.45. The molecule has 3 aromatic rings. The number of fused-ring (bicyclic) bond motifs is 3. The lowest BCUT2D eigenvalue weighted by Gasteiger charge is -2.22. The summed E-state index contributed by atoms with van der Waals surface area (Å²) in [5, 5.41) is 20.4. The average molecular weight is 475 g/mol. The molecule has 0 aliphatic heterocycles. The van der Waals surface area contributed by atoms with Crippen molar-refractivity contribution >= 4 is 12.4 Å². The number of aliphatic hydroxyl groups excluding tert-OH is 2. The smallest absolute Gasteiger partial charge is 0.123 e. The number of halogens is 1. The maximum atomic E-state index is 13.8. The number of carbonyl (C=O) groups is 1. The number of pyridine rings is 2. The van der Waals surface area contributed by atoms with Gasteiger partial charge in [-0.1, -0.05) is 38.1 Å². The first kappa shape index (κ1) is 24.9. The van der Waals surface area contributed by atoms with Crippen LogP contribution in [0.1, 0.15) is 61.4 Å². The second-order valence-corrected chi connectivity index (χ2v) is 9.38. The van der Waals surface area contributed by atoms with Gasteiger partial charge >= 0.3 is 0 Å². The molecule has 182 valence electrons. The van der Waals surface area contributed by atoms with Crippen molar-refractivity contribution in [3.05, 3.63) is 77.0 Å². The van der Waals surface area contributed by atoms with E-state index in [-0.39, 0.29) is 24.6 Å². The number of aromatic nitrogens is 2. The van der Waals surface area contributed by atoms with E-state index in [4.69, 9.17) is 4.98 Å². The maximum absolute atomic E-state index is 13.8. The Morgan fingerprint density at radius 1 is 1.11 bits per heavy atom. The van der Waals surface area contributed by atoms with Gasteiger partial charge in [0.2, 0.25) is 0 Å². The Morgan fingerprint density at radius 2 is 1.89 bits per heavy atom. The lowest BCUT2D eigenvalue weighted by atomic mass is 9.86. The molecular weight excluding hydrogens is 443 g/mol. The third kappa shape index (κ3) is 5.55. The number of hydrogen-bond acceptors (Lipinski definition) is 5. The van der Waals surface area contributed by atoms with Crippen LogP contribution in [0.2, 0.25) is 0 Å². The van der Waals surface area contributed by atoms with Crippen LogP contribution >= 0.6 is 0 Å². The Bertz CT molecular complexity index is 1220. The number of aryl methyl sites for hydroxylation is 1. The summed E-state index contributed by atoms with van der Waals surface area (Å²) < 4.78 is 13.8. The molecule has 5 nitrogen and oxygen atoms in total. The standard InChI is InChI=1S/C29H31FN2O3/c1-18(2)28-25(11-10-22(34)16-23(35)13-15-33)27(20-6-8-21(30)9-7-20)24-5-3-4-19-12-14-31-17-26(19)29(24)32-28/h6-12,14-15,17-18,22-23,34-35H,3-5,13,16H2,1-2H3/b11-10+/t22-,23+/m1/s1. The van der Waals surface area contributed by atoms with Crippen molar-refractivity contribution in [3.63, 3.8) is 0 Å². The minimum atomic E-state index is -0.922. The molecule has 2 N–H and O–H groups in total. The summed E-state index contributed by atoms with van der Waals surface area (Å²) in [6.07, 6.45) is 8.74. The van der Waals surface area contributed by atoms with Crippen LogP contribution < -0.4 is 0 Å². The average Bonchev–Trinajstić information content (AvgIpc) is 3.02. The van der Waals surface area contributed by atoms with Crippen LogP contribution in [0.5, 0.6) is 0 Å². The highest BCUT2D eigenvalue weighted by atomic mass is 19.1. The summed E-state index contributed by atoms with van der Waals surface area (Å²) in [7, 11) is 0. The van der Waals surface area contributed by atoms with Crippen molar-refractivity contribution in [2.45, 2.75) is 64.1 Å². The molecule has 0 unspecified atom stereocenters. The monoisotopic (exact) mass is 474 g/mol. The summed E-state index contributed by atoms with van der Waals surface area (Å²) in [5.74, 6) is -0.218. The summed E-state index contributed by atoms with van der Waals surface area (Å²) in [4.78, 5) is 20.2. The Kier molecular flexibility index (Phi) is 7.83. The number of aldehydes is 1. The predicted molar refractivity (Wildman–Crippen MR) is 135 cm³/mol. The first-order chi connectivity index (χ1) is 16.9. The van der Waals surface area contributed by atoms with Gasteiger partial charge in [0.05, 0.1) is 23.6 Å². The highest BCUT2D eigenvalue weighted by Gasteiger charge is 2.25. The summed E-state index contributed by atoms with van der Waals surface area (Å²) in [5.41, 5.74) is 7.85. The fourth-order valence-corrected chi connectivity index (χ4v) is 4.76. The van der Waals surface area contributed by atoms with Crippen LogP contribution in [0.15, 0.2) is 48.8 Å². The van der Waals surface area contributed by atoms with Crippen LogP contribution in [0, 0.1) is 5.82 Å². The van der Waals surface area contributed by atoms with E-state index in [1.807, 2.05) is 24.5 Å². The van der Waals surface area contributed by atoms with Crippen molar-refractivity contribution < 1.29 is 19.4 Å². The van der Waals surface area contributed by atoms with Gasteiger partial charge in [-0.2, -0.15) is 0 Å². The molecule has 2 heterocycles. The van der Waals surface area contributed by atoms with E-state index in [1.165, 1.54) is 17.7 Å². The van der Waals surface area contributed by atoms with Crippen LogP contribution in [-0.4, -0.2) is 38.7 Å². The van der Waals surface area contributed by atoms with Gasteiger partial charge in [-0.05, 0) is 65.6 Å². The Labute approximate surface area is 205 Å². The van der Waals surface area contributed by atoms with Gasteiger partial charge < -0.3 is 15.0 Å². The summed E-state index contributed by atoms with van der Waals surface area (Å²) in [6.45, 7) is 4.15. The minimum Gasteiger partial charge on any atom is -0.393 e. The number of nitrogens with zero attached hydrogens (tertiary/aromatic N) is 2. The molecule has 2 atom stereocenters. The Balaban J connectivity index is 1.93. The molecule has 35 heavy (non-hydrogen) atoms. The van der Waals surface area contributed by atoms with E-state index in [9.17, 15) is 19.4 Å². The third-order valence-electron chi connectivity index (χ3n) is 6.45. The van der Waals surface area contributed by atoms with Crippen LogP contribution in [0.25, 0.3) is 28.5 Å². The van der Waals surface area contributed by atoms with E-state index in [1.54, 1.807) is 18.2 Å². The predicted octanol–water partition coefficient (Wildman–Crippen LogP) is 5.28. The molecule has 1 aliphatic rings. The van der Waals surface area contributed by atoms with Gasteiger partial charge in [0.25, 0.3) is 0 Å². The molecule has 6 heteroatoms. The highest BCUT2D eigenvalue weighted by Crippen LogP contribution is 2.41. The topological polar surface area (TPSA) is 83.3 Å². The van der Waals surface area contributed by atoms with Crippen LogP contribution in [-0.2, 0) is 17.6 Å². The first-order valence-electron chi connectivity index (χ1n) is 12.1. The van der Waals surface area contributed by atoms with Crippen molar-refractivity contribution in [2.75, 3.05) is 0 Å². The number of benzene rings is 1. The number of carbonyl (C=O) groups excluding carboxylic acids is 1. The fourth-order valence-electron chi connectivity index (χ4n) is 4.76. The second-order valence-electron chi connectivity index (χ2n) is 9.38. The molecule has 1 aromatic carbocycles. The fraction of sp³-hybridized carbons (Fsp3) is 0.345. The Hall–Kier alpha value is -3.22. The van der Waals surface area contributed by atoms with Gasteiger partial charge in [-0.15, -0.1) is 0 Å². The molecule has 2 aromatic heterocycles. The van der Waals surface area contributed by atoms with Gasteiger partial charge in [0, 0.05) is 36.4 Å². The molecule has 0 spiro atoms. The molecule has 0 amide bonds. The van der Waals surface area contributed by atoms with Crippen molar-refractivity contribution in [1.29, 1.82) is 0 Å². The lowest BCUT2D eigenvalue weighted by molar-refractivity contribution is -0.109. The molecular formula is C29H31FN2O3. The quantitative estimate of drug-likeness (QED) is 0.434. The molecule has 1 aliphatic carbocycles. The van der Waals surface area contributed by atoms with Gasteiger partial charge in [0.1, 0.15) is 12.1 Å². The molecule has 0 radical (unpaired) electrons. The SMILES string of the molecule is CC(C)c1nc2c(c(-c3ccc(F)cc3)c1/C=C/[C@@H](O)C[C@@H](O)CC=O)CCCc1ccncc1-2. The highest BCUT2D eigenvalue weighted by molar-refractivity contribution is 5.85. The van der Waals surface area contributed by atoms with E-state index in [0.717, 1.165) is 58.5 Å². The number of hydrogen-bond donors (Lipinski definition) is 2. The molecule has 0 saturated carbocycles. The van der Waals surface area contributed by atoms with Crippen molar-refractivity contribution in [3.8, 4) is 22.4 Å². The van der Waals surface area contributed by atoms with Gasteiger partial charge in [0.15, 0.2) is 0 Å². The zero-order valence-corrected chi connectivity index (χ0v) is 20.1. The first-order valence-corrected chi connectivity index (χ1v) is 12.1. The molecule has 0 saturated heterocycles. The molecule has 0 bridgehead atoms. The number of rotatable bonds is 8. The lowest BCUT2D eigenvalue weighted by Crippen LogP contribution is -2.16. The molecule has 4 rings (SSSR count). The Morgan fingerprint density at radius 3 is 2.60 bits per heavy atom. The summed E-state index contributed by atoms with van der Waals surface area (Å²) >= 11 is 0. The maximum Gasteiger partial charge on any atom is 0.123 e. The zero-order valence-electron chi connectivity index (χ0n) is 20.1. The van der Waals surface area contributed by atoms with Crippen molar-refractivity contribution in [2.24, 2.45) is 0 Å². The van der Waals surface area contributed by atoms with E-state index in [0.29, 0.717) is 6.29 Å². The van der Waals surface area contributed by atoms with Gasteiger partial charge in [-0.25, -0.2) is 4.39 Å². The van der Waals surface area contributed by atoms with Crippen molar-refractivity contribution in [1.82, 2.24) is 9.97 Å². The second kappa shape index (κ2) is 11.0. The van der Waals surface area contributed by atoms with Gasteiger partial charge in [-0.3, -0.25) is 9.97 Å². The normalized spacial score (nSPS) is 14.9. The van der Waals surface area contributed by atoms with E-state index in [2.05, 4.69) is 18.8 Å². The zero-order chi connectivity index (χ0) is 24.9. The molecule has 0 fully saturated rings. The largest absolute Gasteiger partial charge is 0.393 e. The van der Waals surface area contributed by atoms with E-state index >= 15 is 0 Å². The van der Waals surface area contributed by atoms with Crippen LogP contribution in [0.4, 0.5) is 4.39 Å².